The smallest absolute Gasteiger partial charge is 0.854 e. The summed E-state index contributed by atoms with van der Waals surface area (Å²) >= 11 is 1.18. The summed E-state index contributed by atoms with van der Waals surface area (Å²) in [7, 11) is 0. The van der Waals surface area contributed by atoms with Crippen molar-refractivity contribution >= 4 is 33.6 Å². The molecule has 0 aromatic heterocycles. The second kappa shape index (κ2) is 13.5. The molecule has 0 unspecified atom stereocenters. The Morgan fingerprint density at radius 3 is 1.33 bits per heavy atom. The molecule has 0 saturated heterocycles. The van der Waals surface area contributed by atoms with Crippen LogP contribution in [0, 0.1) is 4.43 Å². The maximum Gasteiger partial charge on any atom is 4.00 e. The summed E-state index contributed by atoms with van der Waals surface area (Å²) in [5.74, 6) is -11.1. The van der Waals surface area contributed by atoms with E-state index in [9.17, 15) is 46.1 Å². The zero-order valence-corrected chi connectivity index (χ0v) is 15.4. The van der Waals surface area contributed by atoms with E-state index in [4.69, 9.17) is 0 Å². The molecular formula is C11H15F7INO3Si. The van der Waals surface area contributed by atoms with Crippen LogP contribution in [-0.4, -0.2) is 73.3 Å². The monoisotopic (exact) mass is 497 g/mol. The molecule has 0 spiro atoms. The third kappa shape index (κ3) is 10.3. The van der Waals surface area contributed by atoms with E-state index in [0.29, 0.717) is 24.1 Å². The van der Waals surface area contributed by atoms with E-state index in [-0.39, 0.29) is 30.8 Å². The zero-order valence-electron chi connectivity index (χ0n) is 12.2. The van der Waals surface area contributed by atoms with Gasteiger partial charge in [-0.3, -0.25) is 4.43 Å². The SMILES string of the molecule is FC(F)(F)C(F)(F)C(F)(F)C[CH-]I.[O-]CCN(CC[O-])CC[O-].[Si+4]. The number of halogens is 8. The second-order valence-corrected chi connectivity index (χ2v) is 4.97. The predicted octanol–water partition coefficient (Wildman–Crippen LogP) is -0.205. The average Bonchev–Trinajstić information content (AvgIpc) is 2.39. The van der Waals surface area contributed by atoms with E-state index in [0.717, 1.165) is 0 Å². The first kappa shape index (κ1) is 29.1. The fraction of sp³-hybridized carbons (Fsp3) is 0.909. The molecule has 0 aliphatic carbocycles. The number of rotatable bonds is 9. The quantitative estimate of drug-likeness (QED) is 0.192. The van der Waals surface area contributed by atoms with E-state index in [1.165, 1.54) is 22.6 Å². The molecule has 0 bridgehead atoms. The molecule has 0 radical (unpaired) electrons. The summed E-state index contributed by atoms with van der Waals surface area (Å²) in [6.07, 6.45) is -7.85. The molecule has 0 fully saturated rings. The Bertz CT molecular complexity index is 298. The van der Waals surface area contributed by atoms with Crippen molar-refractivity contribution in [2.24, 2.45) is 0 Å². The van der Waals surface area contributed by atoms with Gasteiger partial charge in [0.2, 0.25) is 0 Å². The van der Waals surface area contributed by atoms with E-state index >= 15 is 0 Å². The third-order valence-corrected chi connectivity index (χ3v) is 2.81. The van der Waals surface area contributed by atoms with E-state index in [1.807, 2.05) is 0 Å². The van der Waals surface area contributed by atoms with Gasteiger partial charge in [-0.05, 0) is 19.6 Å². The number of hydrogen-bond donors (Lipinski definition) is 0. The summed E-state index contributed by atoms with van der Waals surface area (Å²) in [6.45, 7) is 0.263. The molecule has 13 heteroatoms. The summed E-state index contributed by atoms with van der Waals surface area (Å²) in [4.78, 5) is 1.60. The van der Waals surface area contributed by atoms with Crippen molar-refractivity contribution in [3.63, 3.8) is 0 Å². The Morgan fingerprint density at radius 2 is 1.12 bits per heavy atom. The van der Waals surface area contributed by atoms with Crippen molar-refractivity contribution in [2.75, 3.05) is 39.5 Å². The molecule has 0 aliphatic rings. The van der Waals surface area contributed by atoms with Gasteiger partial charge in [-0.2, -0.15) is 22.0 Å². The van der Waals surface area contributed by atoms with Crippen LogP contribution >= 0.6 is 22.6 Å². The van der Waals surface area contributed by atoms with Gasteiger partial charge in [0.25, 0.3) is 5.92 Å². The van der Waals surface area contributed by atoms with Crippen molar-refractivity contribution in [3.05, 3.63) is 4.43 Å². The predicted molar refractivity (Wildman–Crippen MR) is 75.7 cm³/mol. The fourth-order valence-electron chi connectivity index (χ4n) is 1.16. The van der Waals surface area contributed by atoms with Crippen LogP contribution in [0.5, 0.6) is 0 Å². The minimum absolute atomic E-state index is 0. The van der Waals surface area contributed by atoms with Crippen molar-refractivity contribution in [2.45, 2.75) is 24.4 Å². The number of hydrogen-bond acceptors (Lipinski definition) is 4. The van der Waals surface area contributed by atoms with Crippen LogP contribution in [0.25, 0.3) is 0 Å². The van der Waals surface area contributed by atoms with Gasteiger partial charge in [0.15, 0.2) is 0 Å². The minimum atomic E-state index is -6.23. The Morgan fingerprint density at radius 1 is 0.792 bits per heavy atom. The largest absolute Gasteiger partial charge is 4.00 e. The van der Waals surface area contributed by atoms with E-state index < -0.39 is 24.4 Å². The maximum absolute atomic E-state index is 12.2. The fourth-order valence-corrected chi connectivity index (χ4v) is 1.71. The molecule has 0 saturated carbocycles. The van der Waals surface area contributed by atoms with Crippen LogP contribution in [0.2, 0.25) is 0 Å². The third-order valence-electron chi connectivity index (χ3n) is 2.37. The summed E-state index contributed by atoms with van der Waals surface area (Å²) in [5.41, 5.74) is 0. The van der Waals surface area contributed by atoms with Crippen molar-refractivity contribution in [1.82, 2.24) is 4.90 Å². The average molecular weight is 497 g/mol. The van der Waals surface area contributed by atoms with Crippen LogP contribution in [0.4, 0.5) is 30.7 Å². The van der Waals surface area contributed by atoms with Gasteiger partial charge in [-0.25, -0.2) is 8.78 Å². The second-order valence-electron chi connectivity index (χ2n) is 4.09. The van der Waals surface area contributed by atoms with Crippen LogP contribution in [0.3, 0.4) is 0 Å². The Hall–Kier alpha value is 0.297. The topological polar surface area (TPSA) is 72.4 Å². The molecular weight excluding hydrogens is 482 g/mol. The molecule has 142 valence electrons. The van der Waals surface area contributed by atoms with Crippen LogP contribution in [-0.2, 0) is 0 Å². The van der Waals surface area contributed by atoms with Gasteiger partial charge in [0.05, 0.1) is 0 Å². The van der Waals surface area contributed by atoms with Gasteiger partial charge < -0.3 is 42.8 Å². The van der Waals surface area contributed by atoms with Crippen molar-refractivity contribution in [1.29, 1.82) is 0 Å². The van der Waals surface area contributed by atoms with Crippen LogP contribution < -0.4 is 15.3 Å². The molecule has 0 aromatic rings. The van der Waals surface area contributed by atoms with Gasteiger partial charge in [0.1, 0.15) is 0 Å². The van der Waals surface area contributed by atoms with Gasteiger partial charge in [0, 0.05) is 0 Å². The van der Waals surface area contributed by atoms with E-state index in [1.54, 1.807) is 4.90 Å². The van der Waals surface area contributed by atoms with Crippen molar-refractivity contribution < 1.29 is 46.1 Å². The summed E-state index contributed by atoms with van der Waals surface area (Å²) in [6, 6.07) is 0. The molecule has 0 heterocycles. The van der Waals surface area contributed by atoms with Crippen LogP contribution in [0.1, 0.15) is 6.42 Å². The molecule has 0 atom stereocenters. The summed E-state index contributed by atoms with van der Waals surface area (Å²) in [5, 5.41) is 30.1. The molecule has 4 nitrogen and oxygen atoms in total. The number of nitrogens with zero attached hydrogens (tertiary/aromatic N) is 1. The maximum atomic E-state index is 12.2. The van der Waals surface area contributed by atoms with Crippen LogP contribution in [0.15, 0.2) is 0 Å². The molecule has 0 aliphatic heterocycles. The Labute approximate surface area is 153 Å². The molecule has 0 N–H and O–H groups in total. The first-order valence-corrected chi connectivity index (χ1v) is 7.36. The van der Waals surface area contributed by atoms with Gasteiger partial charge in [-0.15, -0.1) is 19.8 Å². The van der Waals surface area contributed by atoms with Crippen molar-refractivity contribution in [3.8, 4) is 0 Å². The first-order chi connectivity index (χ1) is 10.4. The Balaban J connectivity index is -0.000000364. The summed E-state index contributed by atoms with van der Waals surface area (Å²) < 4.78 is 83.1. The molecule has 24 heavy (non-hydrogen) atoms. The first-order valence-electron chi connectivity index (χ1n) is 6.12. The minimum Gasteiger partial charge on any atom is -0.854 e. The van der Waals surface area contributed by atoms with E-state index in [2.05, 4.69) is 0 Å². The van der Waals surface area contributed by atoms with Gasteiger partial charge >= 0.3 is 23.1 Å². The van der Waals surface area contributed by atoms with Gasteiger partial charge in [-0.1, -0.05) is 6.42 Å². The molecule has 0 rings (SSSR count). The Kier molecular flexibility index (Phi) is 16.3. The molecule has 0 amide bonds. The standard InChI is InChI=1S/C6H12NO3.C5H3F7I.Si/c8-4-1-7(2-5-9)3-6-10;6-3(7,1-2-13)4(8,9)5(10,11)12;/h1-6H2;2H,1H2;/q-3;-1;+4. The zero-order chi connectivity index (χ0) is 18.7. The molecule has 0 aromatic carbocycles. The number of alkyl halides is 7. The normalized spacial score (nSPS) is 12.5.